The van der Waals surface area contributed by atoms with E-state index >= 15 is 0 Å². The Kier molecular flexibility index (Phi) is 3.66. The molecule has 1 aromatic heterocycles. The lowest BCUT2D eigenvalue weighted by Gasteiger charge is -2.04. The normalized spacial score (nSPS) is 11.4. The number of rotatable bonds is 4. The second-order valence-electron chi connectivity index (χ2n) is 4.09. The van der Waals surface area contributed by atoms with Gasteiger partial charge in [-0.25, -0.2) is 0 Å². The molecule has 0 fully saturated rings. The number of ether oxygens (including phenoxy) is 1. The molecule has 5 heteroatoms. The Bertz CT molecular complexity index is 612. The van der Waals surface area contributed by atoms with Crippen LogP contribution in [0.3, 0.4) is 0 Å². The van der Waals surface area contributed by atoms with Crippen molar-refractivity contribution in [2.24, 2.45) is 0 Å². The lowest BCUT2D eigenvalue weighted by atomic mass is 10.3. The van der Waals surface area contributed by atoms with Gasteiger partial charge in [-0.15, -0.1) is 0 Å². The molecule has 0 aliphatic rings. The molecule has 2 rings (SSSR count). The Hall–Kier alpha value is -2.56. The molecule has 1 aromatic carbocycles. The summed E-state index contributed by atoms with van der Waals surface area (Å²) in [6.45, 7) is 1.48. The first-order valence-electron chi connectivity index (χ1n) is 5.75. The first-order valence-corrected chi connectivity index (χ1v) is 5.75. The molecular formula is C14H14N2O3. The van der Waals surface area contributed by atoms with Crippen LogP contribution >= 0.6 is 0 Å². The van der Waals surface area contributed by atoms with Crippen molar-refractivity contribution in [1.29, 1.82) is 0 Å². The van der Waals surface area contributed by atoms with Gasteiger partial charge in [-0.05, 0) is 35.9 Å². The van der Waals surface area contributed by atoms with Gasteiger partial charge in [-0.1, -0.05) is 0 Å². The zero-order valence-corrected chi connectivity index (χ0v) is 10.7. The van der Waals surface area contributed by atoms with Gasteiger partial charge in [0.15, 0.2) is 0 Å². The predicted molar refractivity (Wildman–Crippen MR) is 73.0 cm³/mol. The Labute approximate surface area is 110 Å². The van der Waals surface area contributed by atoms with Crippen LogP contribution in [0.2, 0.25) is 0 Å². The van der Waals surface area contributed by atoms with Crippen LogP contribution in [0.5, 0.6) is 5.75 Å². The third-order valence-electron chi connectivity index (χ3n) is 2.75. The molecule has 0 N–H and O–H groups in total. The molecule has 0 saturated carbocycles. The maximum absolute atomic E-state index is 10.6. The van der Waals surface area contributed by atoms with Crippen molar-refractivity contribution in [3.63, 3.8) is 0 Å². The average Bonchev–Trinajstić information content (AvgIpc) is 2.87. The van der Waals surface area contributed by atoms with E-state index in [0.717, 1.165) is 17.0 Å². The highest BCUT2D eigenvalue weighted by Gasteiger charge is 2.04. The summed E-state index contributed by atoms with van der Waals surface area (Å²) in [5, 5.41) is 10.6. The minimum Gasteiger partial charge on any atom is -0.497 e. The number of benzene rings is 1. The van der Waals surface area contributed by atoms with Gasteiger partial charge in [0.1, 0.15) is 5.75 Å². The Morgan fingerprint density at radius 1 is 1.32 bits per heavy atom. The topological polar surface area (TPSA) is 57.3 Å². The molecule has 98 valence electrons. The lowest BCUT2D eigenvalue weighted by Crippen LogP contribution is -1.92. The molecule has 0 aliphatic heterocycles. The van der Waals surface area contributed by atoms with Crippen LogP contribution in [0, 0.1) is 10.1 Å². The first kappa shape index (κ1) is 12.9. The van der Waals surface area contributed by atoms with Crippen LogP contribution < -0.4 is 4.74 Å². The molecule has 2 aromatic rings. The third kappa shape index (κ3) is 3.01. The molecule has 5 nitrogen and oxygen atoms in total. The highest BCUT2D eigenvalue weighted by molar-refractivity contribution is 5.51. The number of methoxy groups -OCH3 is 1. The summed E-state index contributed by atoms with van der Waals surface area (Å²) < 4.78 is 7.00. The second kappa shape index (κ2) is 5.39. The molecule has 0 saturated heterocycles. The highest BCUT2D eigenvalue weighted by atomic mass is 16.6. The van der Waals surface area contributed by atoms with Gasteiger partial charge in [0, 0.05) is 31.1 Å². The molecule has 0 spiro atoms. The molecule has 19 heavy (non-hydrogen) atoms. The number of nitrogens with zero attached hydrogens (tertiary/aromatic N) is 2. The number of allylic oxidation sites excluding steroid dienone is 1. The number of nitro groups is 1. The van der Waals surface area contributed by atoms with Gasteiger partial charge in [0.2, 0.25) is 5.70 Å². The Balaban J connectivity index is 2.25. The summed E-state index contributed by atoms with van der Waals surface area (Å²) >= 11 is 0. The van der Waals surface area contributed by atoms with Crippen LogP contribution in [0.15, 0.2) is 48.4 Å². The molecule has 0 aliphatic carbocycles. The van der Waals surface area contributed by atoms with Crippen molar-refractivity contribution in [3.8, 4) is 11.4 Å². The number of hydrogen-bond acceptors (Lipinski definition) is 3. The largest absolute Gasteiger partial charge is 0.497 e. The van der Waals surface area contributed by atoms with Gasteiger partial charge in [0.05, 0.1) is 12.0 Å². The van der Waals surface area contributed by atoms with Crippen molar-refractivity contribution < 1.29 is 9.66 Å². The quantitative estimate of drug-likeness (QED) is 0.625. The van der Waals surface area contributed by atoms with E-state index in [1.54, 1.807) is 13.2 Å². The Morgan fingerprint density at radius 2 is 2.00 bits per heavy atom. The smallest absolute Gasteiger partial charge is 0.243 e. The van der Waals surface area contributed by atoms with Gasteiger partial charge in [-0.2, -0.15) is 0 Å². The standard InChI is InChI=1S/C14H14N2O3/c1-11(16(17)18)9-12-7-8-15(10-12)13-3-5-14(19-2)6-4-13/h3-10H,1-2H3/b11-9+. The molecule has 0 atom stereocenters. The molecule has 0 bridgehead atoms. The fraction of sp³-hybridized carbons (Fsp3) is 0.143. The minimum atomic E-state index is -0.398. The lowest BCUT2D eigenvalue weighted by molar-refractivity contribution is -0.422. The van der Waals surface area contributed by atoms with Gasteiger partial charge >= 0.3 is 0 Å². The van der Waals surface area contributed by atoms with Crippen molar-refractivity contribution in [1.82, 2.24) is 4.57 Å². The van der Waals surface area contributed by atoms with Crippen LogP contribution in [-0.2, 0) is 0 Å². The minimum absolute atomic E-state index is 0.118. The zero-order chi connectivity index (χ0) is 13.8. The highest BCUT2D eigenvalue weighted by Crippen LogP contribution is 2.17. The third-order valence-corrected chi connectivity index (χ3v) is 2.75. The molecule has 0 unspecified atom stereocenters. The monoisotopic (exact) mass is 258 g/mol. The molecule has 0 amide bonds. The van der Waals surface area contributed by atoms with E-state index in [-0.39, 0.29) is 5.70 Å². The molecule has 1 heterocycles. The van der Waals surface area contributed by atoms with Crippen LogP contribution in [0.25, 0.3) is 11.8 Å². The zero-order valence-electron chi connectivity index (χ0n) is 10.7. The van der Waals surface area contributed by atoms with Crippen molar-refractivity contribution in [2.45, 2.75) is 6.92 Å². The maximum Gasteiger partial charge on any atom is 0.243 e. The first-order chi connectivity index (χ1) is 9.10. The summed E-state index contributed by atoms with van der Waals surface area (Å²) in [4.78, 5) is 10.2. The van der Waals surface area contributed by atoms with E-state index in [0.29, 0.717) is 0 Å². The average molecular weight is 258 g/mol. The summed E-state index contributed by atoms with van der Waals surface area (Å²) in [6.07, 6.45) is 5.25. The van der Waals surface area contributed by atoms with Gasteiger partial charge in [-0.3, -0.25) is 10.1 Å². The van der Waals surface area contributed by atoms with E-state index in [2.05, 4.69) is 0 Å². The van der Waals surface area contributed by atoms with Crippen molar-refractivity contribution in [3.05, 3.63) is 64.1 Å². The summed E-state index contributed by atoms with van der Waals surface area (Å²) in [5.41, 5.74) is 1.89. The van der Waals surface area contributed by atoms with Crippen molar-refractivity contribution in [2.75, 3.05) is 7.11 Å². The van der Waals surface area contributed by atoms with Crippen LogP contribution in [0.4, 0.5) is 0 Å². The Morgan fingerprint density at radius 3 is 2.58 bits per heavy atom. The fourth-order valence-corrected chi connectivity index (χ4v) is 1.71. The fourth-order valence-electron chi connectivity index (χ4n) is 1.71. The SMILES string of the molecule is COc1ccc(-n2ccc(/C=C(\C)[N+](=O)[O-])c2)cc1. The number of aromatic nitrogens is 1. The predicted octanol–water partition coefficient (Wildman–Crippen LogP) is 3.12. The number of hydrogen-bond donors (Lipinski definition) is 0. The summed E-state index contributed by atoms with van der Waals surface area (Å²) in [5.74, 6) is 0.792. The summed E-state index contributed by atoms with van der Waals surface area (Å²) in [6, 6.07) is 9.41. The van der Waals surface area contributed by atoms with Crippen LogP contribution in [0.1, 0.15) is 12.5 Å². The van der Waals surface area contributed by atoms with Gasteiger partial charge in [0.25, 0.3) is 0 Å². The van der Waals surface area contributed by atoms with Crippen LogP contribution in [-0.4, -0.2) is 16.6 Å². The van der Waals surface area contributed by atoms with E-state index in [9.17, 15) is 10.1 Å². The summed E-state index contributed by atoms with van der Waals surface area (Å²) in [7, 11) is 1.62. The van der Waals surface area contributed by atoms with E-state index in [1.165, 1.54) is 6.92 Å². The van der Waals surface area contributed by atoms with Crippen molar-refractivity contribution >= 4 is 6.08 Å². The molecular weight excluding hydrogens is 244 g/mol. The second-order valence-corrected chi connectivity index (χ2v) is 4.09. The maximum atomic E-state index is 10.6. The van der Waals surface area contributed by atoms with E-state index in [4.69, 9.17) is 4.74 Å². The van der Waals surface area contributed by atoms with E-state index in [1.807, 2.05) is 47.3 Å². The van der Waals surface area contributed by atoms with E-state index < -0.39 is 4.92 Å². The molecule has 0 radical (unpaired) electrons. The van der Waals surface area contributed by atoms with Gasteiger partial charge < -0.3 is 9.30 Å².